The minimum atomic E-state index is -4.30. The standard InChI is InChI=1S/C14H19BrF3NO2/c1-3-19-12(8-21-9-14(16,17)18)7-10-6-11(15)4-5-13(10)20-2/h4-6,12,19H,3,7-9H2,1-2H3. The molecule has 1 unspecified atom stereocenters. The number of hydrogen-bond donors (Lipinski definition) is 1. The number of hydrogen-bond acceptors (Lipinski definition) is 3. The average Bonchev–Trinajstić information content (AvgIpc) is 2.37. The van der Waals surface area contributed by atoms with Crippen molar-refractivity contribution in [3.63, 3.8) is 0 Å². The second-order valence-electron chi connectivity index (χ2n) is 4.55. The van der Waals surface area contributed by atoms with Gasteiger partial charge < -0.3 is 14.8 Å². The molecule has 0 aliphatic heterocycles. The highest BCUT2D eigenvalue weighted by Gasteiger charge is 2.28. The van der Waals surface area contributed by atoms with Gasteiger partial charge in [0.15, 0.2) is 0 Å². The van der Waals surface area contributed by atoms with E-state index in [0.717, 1.165) is 10.0 Å². The third-order valence-electron chi connectivity index (χ3n) is 2.79. The topological polar surface area (TPSA) is 30.5 Å². The van der Waals surface area contributed by atoms with Crippen LogP contribution in [0, 0.1) is 0 Å². The van der Waals surface area contributed by atoms with E-state index in [1.807, 2.05) is 25.1 Å². The van der Waals surface area contributed by atoms with Gasteiger partial charge in [0.25, 0.3) is 0 Å². The molecular weight excluding hydrogens is 351 g/mol. The van der Waals surface area contributed by atoms with Gasteiger partial charge in [-0.3, -0.25) is 0 Å². The van der Waals surface area contributed by atoms with E-state index in [2.05, 4.69) is 21.2 Å². The third kappa shape index (κ3) is 7.15. The van der Waals surface area contributed by atoms with Gasteiger partial charge in [0.2, 0.25) is 0 Å². The van der Waals surface area contributed by atoms with E-state index in [1.54, 1.807) is 7.11 Å². The van der Waals surface area contributed by atoms with Crippen molar-refractivity contribution in [3.8, 4) is 5.75 Å². The quantitative estimate of drug-likeness (QED) is 0.759. The summed E-state index contributed by atoms with van der Waals surface area (Å²) in [5, 5.41) is 3.12. The number of ether oxygens (including phenoxy) is 2. The lowest BCUT2D eigenvalue weighted by Gasteiger charge is -2.20. The van der Waals surface area contributed by atoms with Crippen LogP contribution >= 0.6 is 15.9 Å². The van der Waals surface area contributed by atoms with Crippen molar-refractivity contribution < 1.29 is 22.6 Å². The van der Waals surface area contributed by atoms with Crippen LogP contribution < -0.4 is 10.1 Å². The molecule has 0 saturated carbocycles. The van der Waals surface area contributed by atoms with E-state index in [9.17, 15) is 13.2 Å². The van der Waals surface area contributed by atoms with Crippen molar-refractivity contribution in [2.75, 3.05) is 26.9 Å². The predicted octanol–water partition coefficient (Wildman–Crippen LogP) is 3.56. The zero-order chi connectivity index (χ0) is 15.9. The molecule has 0 radical (unpaired) electrons. The zero-order valence-corrected chi connectivity index (χ0v) is 13.6. The molecule has 0 bridgehead atoms. The van der Waals surface area contributed by atoms with Crippen LogP contribution in [0.1, 0.15) is 12.5 Å². The van der Waals surface area contributed by atoms with Crippen molar-refractivity contribution in [1.29, 1.82) is 0 Å². The molecule has 0 aromatic heterocycles. The smallest absolute Gasteiger partial charge is 0.411 e. The van der Waals surface area contributed by atoms with Gasteiger partial charge in [-0.15, -0.1) is 0 Å². The summed E-state index contributed by atoms with van der Waals surface area (Å²) in [5.74, 6) is 0.705. The van der Waals surface area contributed by atoms with Crippen LogP contribution in [0.3, 0.4) is 0 Å². The number of halogens is 4. The first-order chi connectivity index (χ1) is 9.85. The highest BCUT2D eigenvalue weighted by molar-refractivity contribution is 9.10. The number of rotatable bonds is 8. The maximum absolute atomic E-state index is 12.1. The van der Waals surface area contributed by atoms with E-state index in [4.69, 9.17) is 9.47 Å². The number of likely N-dealkylation sites (N-methyl/N-ethyl adjacent to an activating group) is 1. The first kappa shape index (κ1) is 18.3. The summed E-state index contributed by atoms with van der Waals surface area (Å²) in [4.78, 5) is 0. The van der Waals surface area contributed by atoms with E-state index in [0.29, 0.717) is 18.7 Å². The molecule has 0 fully saturated rings. The lowest BCUT2D eigenvalue weighted by molar-refractivity contribution is -0.175. The van der Waals surface area contributed by atoms with Crippen molar-refractivity contribution in [3.05, 3.63) is 28.2 Å². The van der Waals surface area contributed by atoms with Crippen LogP contribution in [0.2, 0.25) is 0 Å². The second kappa shape index (κ2) is 8.60. The van der Waals surface area contributed by atoms with Crippen LogP contribution in [0.5, 0.6) is 5.75 Å². The number of nitrogens with one attached hydrogen (secondary N) is 1. The molecule has 1 N–H and O–H groups in total. The molecule has 0 spiro atoms. The molecule has 21 heavy (non-hydrogen) atoms. The Balaban J connectivity index is 2.67. The van der Waals surface area contributed by atoms with Crippen LogP contribution in [0.4, 0.5) is 13.2 Å². The number of benzene rings is 1. The van der Waals surface area contributed by atoms with Gasteiger partial charge in [0, 0.05) is 10.5 Å². The maximum Gasteiger partial charge on any atom is 0.411 e. The summed E-state index contributed by atoms with van der Waals surface area (Å²) in [7, 11) is 1.56. The van der Waals surface area contributed by atoms with E-state index < -0.39 is 12.8 Å². The fourth-order valence-corrected chi connectivity index (χ4v) is 2.38. The fourth-order valence-electron chi connectivity index (χ4n) is 1.97. The fraction of sp³-hybridized carbons (Fsp3) is 0.571. The van der Waals surface area contributed by atoms with Gasteiger partial charge in [0.05, 0.1) is 13.7 Å². The van der Waals surface area contributed by atoms with Gasteiger partial charge in [-0.1, -0.05) is 22.9 Å². The van der Waals surface area contributed by atoms with Gasteiger partial charge in [0.1, 0.15) is 12.4 Å². The minimum Gasteiger partial charge on any atom is -0.496 e. The monoisotopic (exact) mass is 369 g/mol. The molecule has 1 aromatic rings. The van der Waals surface area contributed by atoms with Gasteiger partial charge in [-0.25, -0.2) is 0 Å². The lowest BCUT2D eigenvalue weighted by atomic mass is 10.1. The molecule has 1 atom stereocenters. The van der Waals surface area contributed by atoms with Crippen molar-refractivity contribution in [2.24, 2.45) is 0 Å². The summed E-state index contributed by atoms with van der Waals surface area (Å²) in [6, 6.07) is 5.36. The van der Waals surface area contributed by atoms with Gasteiger partial charge >= 0.3 is 6.18 Å². The molecule has 3 nitrogen and oxygen atoms in total. The predicted molar refractivity (Wildman–Crippen MR) is 78.7 cm³/mol. The summed E-state index contributed by atoms with van der Waals surface area (Å²) in [6.07, 6.45) is -3.78. The molecule has 0 aliphatic rings. The summed E-state index contributed by atoms with van der Waals surface area (Å²) in [5.41, 5.74) is 0.911. The van der Waals surface area contributed by atoms with E-state index in [-0.39, 0.29) is 12.6 Å². The zero-order valence-electron chi connectivity index (χ0n) is 12.0. The first-order valence-corrected chi connectivity index (χ1v) is 7.35. The molecule has 0 aliphatic carbocycles. The lowest BCUT2D eigenvalue weighted by Crippen LogP contribution is -2.36. The Morgan fingerprint density at radius 1 is 1.33 bits per heavy atom. The second-order valence-corrected chi connectivity index (χ2v) is 5.46. The molecule has 1 aromatic carbocycles. The number of alkyl halides is 3. The van der Waals surface area contributed by atoms with Crippen molar-refractivity contribution in [2.45, 2.75) is 25.6 Å². The average molecular weight is 370 g/mol. The highest BCUT2D eigenvalue weighted by Crippen LogP contribution is 2.24. The van der Waals surface area contributed by atoms with Gasteiger partial charge in [-0.2, -0.15) is 13.2 Å². The third-order valence-corrected chi connectivity index (χ3v) is 3.28. The molecule has 120 valence electrons. The molecular formula is C14H19BrF3NO2. The molecule has 0 amide bonds. The summed E-state index contributed by atoms with van der Waals surface area (Å²) >= 11 is 3.38. The normalized spacial score (nSPS) is 13.2. The molecule has 0 saturated heterocycles. The molecule has 0 heterocycles. The maximum atomic E-state index is 12.1. The summed E-state index contributed by atoms with van der Waals surface area (Å²) in [6.45, 7) is 1.30. The number of methoxy groups -OCH3 is 1. The molecule has 7 heteroatoms. The van der Waals surface area contributed by atoms with E-state index in [1.165, 1.54) is 0 Å². The largest absolute Gasteiger partial charge is 0.496 e. The van der Waals surface area contributed by atoms with Crippen molar-refractivity contribution in [1.82, 2.24) is 5.32 Å². The molecule has 1 rings (SSSR count). The van der Waals surface area contributed by atoms with Crippen molar-refractivity contribution >= 4 is 15.9 Å². The van der Waals surface area contributed by atoms with Crippen LogP contribution in [-0.2, 0) is 11.2 Å². The Morgan fingerprint density at radius 3 is 2.62 bits per heavy atom. The van der Waals surface area contributed by atoms with Crippen LogP contribution in [-0.4, -0.2) is 39.1 Å². The highest BCUT2D eigenvalue weighted by atomic mass is 79.9. The van der Waals surface area contributed by atoms with Gasteiger partial charge in [-0.05, 0) is 36.7 Å². The summed E-state index contributed by atoms with van der Waals surface area (Å²) < 4.78 is 47.3. The Kier molecular flexibility index (Phi) is 7.48. The Bertz CT molecular complexity index is 441. The first-order valence-electron chi connectivity index (χ1n) is 6.56. The Labute approximate surface area is 130 Å². The van der Waals surface area contributed by atoms with Crippen LogP contribution in [0.25, 0.3) is 0 Å². The minimum absolute atomic E-state index is 0.0109. The Morgan fingerprint density at radius 2 is 2.05 bits per heavy atom. The SMILES string of the molecule is CCNC(COCC(F)(F)F)Cc1cc(Br)ccc1OC. The van der Waals surface area contributed by atoms with E-state index >= 15 is 0 Å². The Hall–Kier alpha value is -0.790. The van der Waals surface area contributed by atoms with Crippen LogP contribution in [0.15, 0.2) is 22.7 Å².